The van der Waals surface area contributed by atoms with Crippen molar-refractivity contribution in [2.75, 3.05) is 17.2 Å². The molecule has 43 heavy (non-hydrogen) atoms. The molecule has 0 aliphatic carbocycles. The first-order chi connectivity index (χ1) is 20.8. The quantitative estimate of drug-likeness (QED) is 0.112. The summed E-state index contributed by atoms with van der Waals surface area (Å²) in [7, 11) is 0. The number of nitrogens with one attached hydrogen (secondary N) is 3. The number of hydrazone groups is 1. The normalized spacial score (nSPS) is 10.9. The molecule has 5 rings (SSSR count). The first-order valence-corrected chi connectivity index (χ1v) is 14.6. The van der Waals surface area contributed by atoms with Crippen molar-refractivity contribution in [3.05, 3.63) is 124 Å². The number of benzene rings is 4. The van der Waals surface area contributed by atoms with Crippen LogP contribution in [0.25, 0.3) is 11.3 Å². The van der Waals surface area contributed by atoms with E-state index in [0.717, 1.165) is 38.9 Å². The molecule has 0 fully saturated rings. The van der Waals surface area contributed by atoms with Gasteiger partial charge in [-0.3, -0.25) is 9.59 Å². The van der Waals surface area contributed by atoms with Gasteiger partial charge in [-0.05, 0) is 73.5 Å². The molecule has 8 nitrogen and oxygen atoms in total. The van der Waals surface area contributed by atoms with Crippen LogP contribution in [-0.2, 0) is 4.79 Å². The minimum absolute atomic E-state index is 0.211. The van der Waals surface area contributed by atoms with E-state index in [2.05, 4.69) is 26.1 Å². The third-order valence-electron chi connectivity index (χ3n) is 6.34. The Morgan fingerprint density at radius 1 is 0.977 bits per heavy atom. The van der Waals surface area contributed by atoms with E-state index in [4.69, 9.17) is 16.3 Å². The Labute approximate surface area is 258 Å². The maximum Gasteiger partial charge on any atom is 0.271 e. The van der Waals surface area contributed by atoms with Crippen molar-refractivity contribution in [3.8, 4) is 17.0 Å². The molecule has 0 unspecified atom stereocenters. The average Bonchev–Trinajstić information content (AvgIpc) is 3.47. The number of para-hydroxylation sites is 1. The molecule has 1 heterocycles. The number of aryl methyl sites for hydroxylation is 2. The van der Waals surface area contributed by atoms with Gasteiger partial charge >= 0.3 is 0 Å². The van der Waals surface area contributed by atoms with Crippen LogP contribution in [0, 0.1) is 13.8 Å². The fourth-order valence-electron chi connectivity index (χ4n) is 4.08. The topological polar surface area (TPSA) is 105 Å². The summed E-state index contributed by atoms with van der Waals surface area (Å²) in [4.78, 5) is 29.9. The smallest absolute Gasteiger partial charge is 0.271 e. The van der Waals surface area contributed by atoms with Gasteiger partial charge in [-0.15, -0.1) is 11.3 Å². The van der Waals surface area contributed by atoms with Crippen LogP contribution in [0.2, 0.25) is 5.02 Å². The Balaban J connectivity index is 1.17. The van der Waals surface area contributed by atoms with Crippen molar-refractivity contribution in [2.45, 2.75) is 13.8 Å². The summed E-state index contributed by atoms with van der Waals surface area (Å²) in [6.45, 7) is 3.67. The zero-order valence-corrected chi connectivity index (χ0v) is 25.0. The van der Waals surface area contributed by atoms with E-state index in [1.165, 1.54) is 17.6 Å². The molecule has 1 aromatic heterocycles. The molecular formula is C33H28ClN5O3S. The fourth-order valence-corrected chi connectivity index (χ4v) is 5.00. The number of hydrogen-bond donors (Lipinski definition) is 3. The highest BCUT2D eigenvalue weighted by Crippen LogP contribution is 2.27. The second-order valence-electron chi connectivity index (χ2n) is 9.64. The number of anilines is 3. The van der Waals surface area contributed by atoms with Gasteiger partial charge in [-0.2, -0.15) is 5.10 Å². The lowest BCUT2D eigenvalue weighted by atomic mass is 10.1. The summed E-state index contributed by atoms with van der Waals surface area (Å²) >= 11 is 7.68. The van der Waals surface area contributed by atoms with Crippen molar-refractivity contribution in [1.29, 1.82) is 0 Å². The lowest BCUT2D eigenvalue weighted by molar-refractivity contribution is -0.118. The Hall–Kier alpha value is -4.99. The summed E-state index contributed by atoms with van der Waals surface area (Å²) in [5.41, 5.74) is 8.86. The third kappa shape index (κ3) is 8.06. The largest absolute Gasteiger partial charge is 0.483 e. The standard InChI is InChI=1S/C33H28ClN5O3S/c1-21-8-9-22(2)28(16-21)37-31(40)19-42-30-15-14-26(34)17-25(30)18-35-39-32(41)24-12-10-23(11-13-24)29-20-43-33(38-29)36-27-6-4-3-5-7-27/h3-18,20H,19H2,1-2H3,(H,36,38)(H,37,40)(H,39,41)/b35-18+. The van der Waals surface area contributed by atoms with Crippen LogP contribution in [0.1, 0.15) is 27.0 Å². The van der Waals surface area contributed by atoms with Gasteiger partial charge in [0.1, 0.15) is 5.75 Å². The zero-order valence-electron chi connectivity index (χ0n) is 23.4. The van der Waals surface area contributed by atoms with Gasteiger partial charge < -0.3 is 15.4 Å². The Morgan fingerprint density at radius 3 is 2.56 bits per heavy atom. The minimum Gasteiger partial charge on any atom is -0.483 e. The van der Waals surface area contributed by atoms with Gasteiger partial charge in [0.05, 0.1) is 11.9 Å². The van der Waals surface area contributed by atoms with E-state index in [1.54, 1.807) is 30.3 Å². The molecule has 0 bridgehead atoms. The number of hydrogen-bond acceptors (Lipinski definition) is 7. The zero-order chi connectivity index (χ0) is 30.2. The van der Waals surface area contributed by atoms with Crippen molar-refractivity contribution >= 4 is 57.5 Å². The summed E-state index contributed by atoms with van der Waals surface area (Å²) in [5.74, 6) is -0.290. The van der Waals surface area contributed by atoms with E-state index < -0.39 is 0 Å². The van der Waals surface area contributed by atoms with Gasteiger partial charge in [0.25, 0.3) is 11.8 Å². The Kier molecular flexibility index (Phi) is 9.46. The molecule has 4 aromatic carbocycles. The summed E-state index contributed by atoms with van der Waals surface area (Å²) in [5, 5.41) is 13.4. The van der Waals surface area contributed by atoms with Crippen LogP contribution in [0.15, 0.2) is 101 Å². The SMILES string of the molecule is Cc1ccc(C)c(NC(=O)COc2ccc(Cl)cc2/C=N/NC(=O)c2ccc(-c3csc(Nc4ccccc4)n3)cc2)c1. The van der Waals surface area contributed by atoms with Crippen molar-refractivity contribution in [2.24, 2.45) is 5.10 Å². The molecule has 5 aromatic rings. The molecule has 0 saturated carbocycles. The summed E-state index contributed by atoms with van der Waals surface area (Å²) < 4.78 is 5.74. The highest BCUT2D eigenvalue weighted by Gasteiger charge is 2.11. The molecule has 2 amide bonds. The van der Waals surface area contributed by atoms with Gasteiger partial charge in [0.2, 0.25) is 0 Å². The number of ether oxygens (including phenoxy) is 1. The first kappa shape index (κ1) is 29.5. The maximum atomic E-state index is 12.7. The number of aromatic nitrogens is 1. The highest BCUT2D eigenvalue weighted by atomic mass is 35.5. The average molecular weight is 610 g/mol. The predicted octanol–water partition coefficient (Wildman–Crippen LogP) is 7.61. The van der Waals surface area contributed by atoms with E-state index in [0.29, 0.717) is 21.9 Å². The number of amides is 2. The molecule has 0 aliphatic heterocycles. The summed E-state index contributed by atoms with van der Waals surface area (Å²) in [6, 6.07) is 27.7. The number of rotatable bonds is 10. The molecule has 0 atom stereocenters. The number of thiazole rings is 1. The van der Waals surface area contributed by atoms with Crippen LogP contribution in [0.3, 0.4) is 0 Å². The predicted molar refractivity (Wildman–Crippen MR) is 174 cm³/mol. The van der Waals surface area contributed by atoms with E-state index in [1.807, 2.05) is 79.9 Å². The van der Waals surface area contributed by atoms with E-state index >= 15 is 0 Å². The molecule has 0 saturated heterocycles. The third-order valence-corrected chi connectivity index (χ3v) is 7.33. The van der Waals surface area contributed by atoms with Crippen molar-refractivity contribution < 1.29 is 14.3 Å². The van der Waals surface area contributed by atoms with Crippen LogP contribution < -0.4 is 20.8 Å². The molecule has 216 valence electrons. The van der Waals surface area contributed by atoms with Crippen LogP contribution in [0.5, 0.6) is 5.75 Å². The van der Waals surface area contributed by atoms with Crippen LogP contribution in [0.4, 0.5) is 16.5 Å². The molecule has 3 N–H and O–H groups in total. The van der Waals surface area contributed by atoms with Crippen LogP contribution in [-0.4, -0.2) is 29.6 Å². The lowest BCUT2D eigenvalue weighted by Gasteiger charge is -2.12. The maximum absolute atomic E-state index is 12.7. The fraction of sp³-hybridized carbons (Fsp3) is 0.0909. The van der Waals surface area contributed by atoms with Gasteiger partial charge in [0, 0.05) is 38.5 Å². The molecule has 0 radical (unpaired) electrons. The van der Waals surface area contributed by atoms with Gasteiger partial charge in [-0.1, -0.05) is 54.1 Å². The van der Waals surface area contributed by atoms with Crippen molar-refractivity contribution in [1.82, 2.24) is 10.4 Å². The van der Waals surface area contributed by atoms with Gasteiger partial charge in [-0.25, -0.2) is 10.4 Å². The molecule has 0 aliphatic rings. The molecule has 10 heteroatoms. The monoisotopic (exact) mass is 609 g/mol. The number of carbonyl (C=O) groups is 2. The second-order valence-corrected chi connectivity index (χ2v) is 10.9. The highest BCUT2D eigenvalue weighted by molar-refractivity contribution is 7.14. The first-order valence-electron chi connectivity index (χ1n) is 13.3. The van der Waals surface area contributed by atoms with Crippen molar-refractivity contribution in [3.63, 3.8) is 0 Å². The molecular weight excluding hydrogens is 582 g/mol. The minimum atomic E-state index is -0.384. The van der Waals surface area contributed by atoms with Gasteiger partial charge in [0.15, 0.2) is 11.7 Å². The number of halogens is 1. The molecule has 0 spiro atoms. The van der Waals surface area contributed by atoms with E-state index in [-0.39, 0.29) is 18.4 Å². The second kappa shape index (κ2) is 13.8. The Morgan fingerprint density at radius 2 is 1.77 bits per heavy atom. The number of nitrogens with zero attached hydrogens (tertiary/aromatic N) is 2. The number of carbonyl (C=O) groups excluding carboxylic acids is 2. The van der Waals surface area contributed by atoms with Crippen LogP contribution >= 0.6 is 22.9 Å². The Bertz CT molecular complexity index is 1770. The lowest BCUT2D eigenvalue weighted by Crippen LogP contribution is -2.21. The summed E-state index contributed by atoms with van der Waals surface area (Å²) in [6.07, 6.45) is 1.42. The van der Waals surface area contributed by atoms with E-state index in [9.17, 15) is 9.59 Å².